The average Bonchev–Trinajstić information content (AvgIpc) is 3.44. The number of benzene rings is 2. The number of carbonyl (C=O) groups excluding carboxylic acids is 1. The predicted octanol–water partition coefficient (Wildman–Crippen LogP) is 5.18. The molecule has 2 aromatic carbocycles. The Bertz CT molecular complexity index is 1260. The lowest BCUT2D eigenvalue weighted by Crippen LogP contribution is -2.31. The number of hydrogen-bond acceptors (Lipinski definition) is 5. The third kappa shape index (κ3) is 3.65. The van der Waals surface area contributed by atoms with E-state index in [-0.39, 0.29) is 11.9 Å². The smallest absolute Gasteiger partial charge is 0.254 e. The number of aromatic nitrogens is 2. The maximum absolute atomic E-state index is 13.4. The van der Waals surface area contributed by atoms with Crippen LogP contribution in [0.2, 0.25) is 0 Å². The standard InChI is InChI=1S/C25H23N3O3/c1-16-13-19-14-18(8-9-23(19)31-16)25(29)28-12-4-7-22(28)21-10-11-26-24(27-21)17-5-3-6-20(15-17)30-2/h3,5-6,8-11,13-15,22H,4,7,12H2,1-2H3. The zero-order valence-electron chi connectivity index (χ0n) is 17.5. The Balaban J connectivity index is 1.45. The quantitative estimate of drug-likeness (QED) is 0.461. The van der Waals surface area contributed by atoms with Gasteiger partial charge in [0, 0.05) is 29.3 Å². The van der Waals surface area contributed by atoms with Crippen molar-refractivity contribution in [3.63, 3.8) is 0 Å². The highest BCUT2D eigenvalue weighted by atomic mass is 16.5. The summed E-state index contributed by atoms with van der Waals surface area (Å²) in [5.74, 6) is 2.24. The third-order valence-corrected chi connectivity index (χ3v) is 5.75. The van der Waals surface area contributed by atoms with E-state index in [1.165, 1.54) is 0 Å². The van der Waals surface area contributed by atoms with E-state index in [0.29, 0.717) is 17.9 Å². The maximum Gasteiger partial charge on any atom is 0.254 e. The van der Waals surface area contributed by atoms with E-state index in [2.05, 4.69) is 4.98 Å². The Kier molecular flexibility index (Phi) is 4.90. The topological polar surface area (TPSA) is 68.5 Å². The molecule has 1 aliphatic heterocycles. The van der Waals surface area contributed by atoms with Crippen molar-refractivity contribution in [3.8, 4) is 17.1 Å². The van der Waals surface area contributed by atoms with E-state index >= 15 is 0 Å². The predicted molar refractivity (Wildman–Crippen MR) is 118 cm³/mol. The third-order valence-electron chi connectivity index (χ3n) is 5.75. The summed E-state index contributed by atoms with van der Waals surface area (Å²) in [7, 11) is 1.64. The van der Waals surface area contributed by atoms with Gasteiger partial charge in [-0.15, -0.1) is 0 Å². The molecule has 0 spiro atoms. The van der Waals surface area contributed by atoms with Gasteiger partial charge in [-0.25, -0.2) is 9.97 Å². The second-order valence-corrected chi connectivity index (χ2v) is 7.80. The molecule has 0 N–H and O–H groups in total. The molecule has 3 heterocycles. The van der Waals surface area contributed by atoms with Gasteiger partial charge in [0.05, 0.1) is 18.8 Å². The zero-order chi connectivity index (χ0) is 21.4. The molecule has 0 aliphatic carbocycles. The van der Waals surface area contributed by atoms with Crippen molar-refractivity contribution < 1.29 is 13.9 Å². The molecule has 0 bridgehead atoms. The molecule has 1 unspecified atom stereocenters. The van der Waals surface area contributed by atoms with Crippen molar-refractivity contribution in [1.29, 1.82) is 0 Å². The number of hydrogen-bond donors (Lipinski definition) is 0. The first-order chi connectivity index (χ1) is 15.1. The van der Waals surface area contributed by atoms with Crippen LogP contribution < -0.4 is 4.74 Å². The molecule has 0 radical (unpaired) electrons. The molecule has 1 amide bonds. The minimum absolute atomic E-state index is 0.0183. The zero-order valence-corrected chi connectivity index (χ0v) is 17.5. The van der Waals surface area contributed by atoms with E-state index in [1.807, 2.05) is 66.4 Å². The van der Waals surface area contributed by atoms with E-state index in [9.17, 15) is 4.79 Å². The van der Waals surface area contributed by atoms with Gasteiger partial charge in [-0.05, 0) is 62.2 Å². The molecule has 1 atom stereocenters. The SMILES string of the molecule is COc1cccc(-c2nccc(C3CCCN3C(=O)c3ccc4oc(C)cc4c3)n2)c1. The van der Waals surface area contributed by atoms with Crippen molar-refractivity contribution in [2.45, 2.75) is 25.8 Å². The van der Waals surface area contributed by atoms with Gasteiger partial charge >= 0.3 is 0 Å². The molecule has 5 rings (SSSR count). The Hall–Kier alpha value is -3.67. The van der Waals surface area contributed by atoms with Crippen molar-refractivity contribution in [3.05, 3.63) is 77.8 Å². The Morgan fingerprint density at radius 3 is 2.94 bits per heavy atom. The van der Waals surface area contributed by atoms with Crippen molar-refractivity contribution in [2.24, 2.45) is 0 Å². The van der Waals surface area contributed by atoms with Crippen LogP contribution in [0.1, 0.15) is 40.7 Å². The number of rotatable bonds is 4. The van der Waals surface area contributed by atoms with Gasteiger partial charge in [0.2, 0.25) is 0 Å². The molecule has 1 fully saturated rings. The highest BCUT2D eigenvalue weighted by Crippen LogP contribution is 2.33. The van der Waals surface area contributed by atoms with Gasteiger partial charge < -0.3 is 14.1 Å². The second kappa shape index (κ2) is 7.87. The number of methoxy groups -OCH3 is 1. The number of amides is 1. The Morgan fingerprint density at radius 1 is 1.16 bits per heavy atom. The van der Waals surface area contributed by atoms with Gasteiger partial charge in [0.15, 0.2) is 5.82 Å². The first-order valence-corrected chi connectivity index (χ1v) is 10.4. The molecule has 156 valence electrons. The fourth-order valence-electron chi connectivity index (χ4n) is 4.25. The maximum atomic E-state index is 13.4. The minimum Gasteiger partial charge on any atom is -0.497 e. The van der Waals surface area contributed by atoms with E-state index < -0.39 is 0 Å². The van der Waals surface area contributed by atoms with Gasteiger partial charge in [-0.3, -0.25) is 4.79 Å². The Labute approximate surface area is 180 Å². The number of fused-ring (bicyclic) bond motifs is 1. The molecule has 2 aromatic heterocycles. The van der Waals surface area contributed by atoms with Crippen LogP contribution in [-0.4, -0.2) is 34.4 Å². The fourth-order valence-corrected chi connectivity index (χ4v) is 4.25. The van der Waals surface area contributed by atoms with E-state index in [0.717, 1.165) is 46.6 Å². The summed E-state index contributed by atoms with van der Waals surface area (Å²) in [5.41, 5.74) is 3.21. The molecule has 1 saturated heterocycles. The summed E-state index contributed by atoms with van der Waals surface area (Å²) >= 11 is 0. The van der Waals surface area contributed by atoms with Crippen molar-refractivity contribution in [2.75, 3.05) is 13.7 Å². The molecule has 1 aliphatic rings. The lowest BCUT2D eigenvalue weighted by molar-refractivity contribution is 0.0733. The van der Waals surface area contributed by atoms with E-state index in [1.54, 1.807) is 13.3 Å². The van der Waals surface area contributed by atoms with Crippen LogP contribution >= 0.6 is 0 Å². The first-order valence-electron chi connectivity index (χ1n) is 10.4. The largest absolute Gasteiger partial charge is 0.497 e. The van der Waals surface area contributed by atoms with Gasteiger partial charge in [0.1, 0.15) is 17.1 Å². The van der Waals surface area contributed by atoms with Crippen LogP contribution in [0.15, 0.2) is 65.2 Å². The highest BCUT2D eigenvalue weighted by Gasteiger charge is 2.32. The normalized spacial score (nSPS) is 16.1. The number of carbonyl (C=O) groups is 1. The lowest BCUT2D eigenvalue weighted by atomic mass is 10.1. The highest BCUT2D eigenvalue weighted by molar-refractivity contribution is 5.98. The van der Waals surface area contributed by atoms with Crippen LogP contribution in [0.5, 0.6) is 5.75 Å². The van der Waals surface area contributed by atoms with Gasteiger partial charge in [0.25, 0.3) is 5.91 Å². The summed E-state index contributed by atoms with van der Waals surface area (Å²) in [6, 6.07) is 17.1. The molecule has 31 heavy (non-hydrogen) atoms. The van der Waals surface area contributed by atoms with Crippen LogP contribution in [-0.2, 0) is 0 Å². The number of aryl methyl sites for hydroxylation is 1. The molecule has 6 nitrogen and oxygen atoms in total. The van der Waals surface area contributed by atoms with Crippen molar-refractivity contribution >= 4 is 16.9 Å². The number of ether oxygens (including phenoxy) is 1. The molecular formula is C25H23N3O3. The van der Waals surface area contributed by atoms with Crippen LogP contribution in [0.25, 0.3) is 22.4 Å². The van der Waals surface area contributed by atoms with Crippen LogP contribution in [0.3, 0.4) is 0 Å². The van der Waals surface area contributed by atoms with Crippen molar-refractivity contribution in [1.82, 2.24) is 14.9 Å². The number of likely N-dealkylation sites (tertiary alicyclic amines) is 1. The first kappa shape index (κ1) is 19.3. The van der Waals surface area contributed by atoms with Crippen LogP contribution in [0, 0.1) is 6.92 Å². The van der Waals surface area contributed by atoms with Gasteiger partial charge in [-0.2, -0.15) is 0 Å². The summed E-state index contributed by atoms with van der Waals surface area (Å²) in [6.07, 6.45) is 3.59. The molecule has 6 heteroatoms. The monoisotopic (exact) mass is 413 g/mol. The van der Waals surface area contributed by atoms with E-state index in [4.69, 9.17) is 14.1 Å². The number of furan rings is 1. The van der Waals surface area contributed by atoms with Gasteiger partial charge in [-0.1, -0.05) is 12.1 Å². The Morgan fingerprint density at radius 2 is 2.06 bits per heavy atom. The average molecular weight is 413 g/mol. The fraction of sp³-hybridized carbons (Fsp3) is 0.240. The second-order valence-electron chi connectivity index (χ2n) is 7.80. The summed E-state index contributed by atoms with van der Waals surface area (Å²) in [5, 5.41) is 0.946. The lowest BCUT2D eigenvalue weighted by Gasteiger charge is -2.24. The van der Waals surface area contributed by atoms with Crippen LogP contribution in [0.4, 0.5) is 0 Å². The summed E-state index contributed by atoms with van der Waals surface area (Å²) < 4.78 is 11.0. The molecular weight excluding hydrogens is 390 g/mol. The molecule has 4 aromatic rings. The minimum atomic E-state index is -0.0679. The molecule has 0 saturated carbocycles. The number of nitrogens with zero attached hydrogens (tertiary/aromatic N) is 3. The summed E-state index contributed by atoms with van der Waals surface area (Å²) in [6.45, 7) is 2.62. The summed E-state index contributed by atoms with van der Waals surface area (Å²) in [4.78, 5) is 24.5.